The molecule has 5 aromatic rings. The van der Waals surface area contributed by atoms with Crippen molar-refractivity contribution in [2.24, 2.45) is 0 Å². The summed E-state index contributed by atoms with van der Waals surface area (Å²) in [5.74, 6) is 0.356. The highest BCUT2D eigenvalue weighted by atomic mass is 35.5. The molecule has 9 heteroatoms. The molecular weight excluding hydrogens is 493 g/mol. The topological polar surface area (TPSA) is 56.0 Å². The summed E-state index contributed by atoms with van der Waals surface area (Å²) in [6.07, 6.45) is 1.60. The smallest absolute Gasteiger partial charge is 0.285 e. The molecule has 0 aliphatic carbocycles. The molecule has 0 unspecified atom stereocenters. The van der Waals surface area contributed by atoms with Crippen molar-refractivity contribution < 1.29 is 0 Å². The molecule has 2 heterocycles. The third kappa shape index (κ3) is 3.94. The van der Waals surface area contributed by atoms with Crippen LogP contribution in [0.15, 0.2) is 77.9 Å². The van der Waals surface area contributed by atoms with Crippen molar-refractivity contribution >= 4 is 51.7 Å². The molecule has 2 aromatic heterocycles. The summed E-state index contributed by atoms with van der Waals surface area (Å²) in [5, 5.41) is 1.42. The van der Waals surface area contributed by atoms with Crippen LogP contribution in [-0.2, 0) is 0 Å². The number of nitrogens with zero attached hydrogens (tertiary/aromatic N) is 5. The highest BCUT2D eigenvalue weighted by molar-refractivity contribution is 6.36. The number of imidazole rings is 1. The van der Waals surface area contributed by atoms with E-state index in [0.29, 0.717) is 43.3 Å². The van der Waals surface area contributed by atoms with Crippen molar-refractivity contribution in [1.29, 1.82) is 0 Å². The molecule has 0 radical (unpaired) electrons. The van der Waals surface area contributed by atoms with E-state index in [0.717, 1.165) is 11.4 Å². The maximum Gasteiger partial charge on any atom is 0.285 e. The molecule has 0 N–H and O–H groups in total. The predicted molar refractivity (Wildman–Crippen MR) is 139 cm³/mol. The number of fused-ring (bicyclic) bond motifs is 1. The first-order valence-corrected chi connectivity index (χ1v) is 11.5. The summed E-state index contributed by atoms with van der Waals surface area (Å²) >= 11 is 18.7. The van der Waals surface area contributed by atoms with Crippen LogP contribution >= 0.6 is 34.8 Å². The van der Waals surface area contributed by atoms with Gasteiger partial charge in [-0.25, -0.2) is 9.97 Å². The molecule has 3 aromatic carbocycles. The quantitative estimate of drug-likeness (QED) is 0.286. The fourth-order valence-electron chi connectivity index (χ4n) is 3.76. The Morgan fingerprint density at radius 2 is 1.47 bits per heavy atom. The van der Waals surface area contributed by atoms with E-state index < -0.39 is 0 Å². The van der Waals surface area contributed by atoms with Crippen molar-refractivity contribution in [2.45, 2.75) is 0 Å². The van der Waals surface area contributed by atoms with Gasteiger partial charge in [0.25, 0.3) is 5.56 Å². The molecule has 170 valence electrons. The molecule has 0 bridgehead atoms. The van der Waals surface area contributed by atoms with Gasteiger partial charge in [-0.3, -0.25) is 13.9 Å². The maximum absolute atomic E-state index is 14.0. The Bertz CT molecular complexity index is 1570. The molecule has 0 aliphatic heterocycles. The van der Waals surface area contributed by atoms with Gasteiger partial charge in [-0.05, 0) is 66.7 Å². The second kappa shape index (κ2) is 8.80. The van der Waals surface area contributed by atoms with Crippen LogP contribution in [0.5, 0.6) is 0 Å². The van der Waals surface area contributed by atoms with E-state index in [9.17, 15) is 4.79 Å². The first kappa shape index (κ1) is 22.5. The molecule has 0 spiro atoms. The number of hydrogen-bond donors (Lipinski definition) is 0. The largest absolute Gasteiger partial charge is 0.378 e. The number of rotatable bonds is 4. The van der Waals surface area contributed by atoms with E-state index in [1.165, 1.54) is 4.57 Å². The first-order chi connectivity index (χ1) is 16.3. The molecule has 0 amide bonds. The molecular formula is C25H18Cl3N5O. The minimum atomic E-state index is -0.289. The third-order valence-corrected chi connectivity index (χ3v) is 6.28. The predicted octanol–water partition coefficient (Wildman–Crippen LogP) is 6.26. The number of hydrogen-bond acceptors (Lipinski definition) is 4. The highest BCUT2D eigenvalue weighted by Gasteiger charge is 2.20. The summed E-state index contributed by atoms with van der Waals surface area (Å²) in [6.45, 7) is 0. The lowest BCUT2D eigenvalue weighted by molar-refractivity contribution is 0.959. The summed E-state index contributed by atoms with van der Waals surface area (Å²) in [6, 6.07) is 19.9. The zero-order valence-corrected chi connectivity index (χ0v) is 20.5. The van der Waals surface area contributed by atoms with Crippen molar-refractivity contribution in [3.63, 3.8) is 0 Å². The van der Waals surface area contributed by atoms with E-state index in [1.54, 1.807) is 53.4 Å². The number of aromatic nitrogens is 4. The lowest BCUT2D eigenvalue weighted by atomic mass is 10.2. The minimum Gasteiger partial charge on any atom is -0.378 e. The Labute approximate surface area is 210 Å². The van der Waals surface area contributed by atoms with Crippen LogP contribution in [-0.4, -0.2) is 33.2 Å². The Kier molecular flexibility index (Phi) is 5.81. The fourth-order valence-corrected chi connectivity index (χ4v) is 4.38. The van der Waals surface area contributed by atoms with Gasteiger partial charge >= 0.3 is 0 Å². The minimum absolute atomic E-state index is 0.289. The van der Waals surface area contributed by atoms with Gasteiger partial charge in [0.05, 0.1) is 10.7 Å². The number of halogens is 3. The van der Waals surface area contributed by atoms with Crippen LogP contribution < -0.4 is 10.5 Å². The van der Waals surface area contributed by atoms with Gasteiger partial charge in [-0.1, -0.05) is 34.8 Å². The summed E-state index contributed by atoms with van der Waals surface area (Å²) in [5.41, 5.74) is 3.37. The lowest BCUT2D eigenvalue weighted by Gasteiger charge is -2.15. The van der Waals surface area contributed by atoms with Crippen molar-refractivity contribution in [3.8, 4) is 22.8 Å². The zero-order valence-electron chi connectivity index (χ0n) is 18.2. The van der Waals surface area contributed by atoms with Crippen LogP contribution in [0.25, 0.3) is 33.9 Å². The second-order valence-corrected chi connectivity index (χ2v) is 9.15. The van der Waals surface area contributed by atoms with Gasteiger partial charge in [0, 0.05) is 41.1 Å². The van der Waals surface area contributed by atoms with Gasteiger partial charge in [-0.15, -0.1) is 0 Å². The van der Waals surface area contributed by atoms with E-state index in [2.05, 4.69) is 4.98 Å². The maximum atomic E-state index is 14.0. The lowest BCUT2D eigenvalue weighted by Crippen LogP contribution is -2.23. The highest BCUT2D eigenvalue weighted by Crippen LogP contribution is 2.31. The van der Waals surface area contributed by atoms with Gasteiger partial charge in [0.1, 0.15) is 6.33 Å². The van der Waals surface area contributed by atoms with Crippen molar-refractivity contribution in [3.05, 3.63) is 98.5 Å². The molecule has 0 aliphatic rings. The second-order valence-electron chi connectivity index (χ2n) is 7.87. The van der Waals surface area contributed by atoms with Crippen molar-refractivity contribution in [1.82, 2.24) is 19.1 Å². The van der Waals surface area contributed by atoms with E-state index >= 15 is 0 Å². The Balaban J connectivity index is 1.80. The summed E-state index contributed by atoms with van der Waals surface area (Å²) in [4.78, 5) is 25.2. The standard InChI is InChI=1S/C25H18Cl3N5O/c1-31(2)17-8-10-18(11-9-17)32-14-29-23-22(32)25(34)33(19-6-3-15(26)4-7-19)24(30-23)20-12-5-16(27)13-21(20)28/h3-14H,1-2H3. The zero-order chi connectivity index (χ0) is 24.0. The van der Waals surface area contributed by atoms with E-state index in [-0.39, 0.29) is 5.56 Å². The molecule has 0 atom stereocenters. The molecule has 0 fully saturated rings. The van der Waals surface area contributed by atoms with Crippen molar-refractivity contribution in [2.75, 3.05) is 19.0 Å². The molecule has 34 heavy (non-hydrogen) atoms. The number of benzene rings is 3. The normalized spacial score (nSPS) is 11.2. The molecule has 0 saturated carbocycles. The van der Waals surface area contributed by atoms with Gasteiger partial charge < -0.3 is 4.90 Å². The third-order valence-electron chi connectivity index (χ3n) is 5.48. The Morgan fingerprint density at radius 1 is 0.824 bits per heavy atom. The molecule has 5 rings (SSSR count). The van der Waals surface area contributed by atoms with Crippen LogP contribution in [0.3, 0.4) is 0 Å². The van der Waals surface area contributed by atoms with Gasteiger partial charge in [0.2, 0.25) is 0 Å². The SMILES string of the molecule is CN(C)c1ccc(-n2cnc3nc(-c4ccc(Cl)cc4Cl)n(-c4ccc(Cl)cc4)c(=O)c32)cc1. The van der Waals surface area contributed by atoms with Gasteiger partial charge in [0.15, 0.2) is 17.0 Å². The summed E-state index contributed by atoms with van der Waals surface area (Å²) in [7, 11) is 3.94. The summed E-state index contributed by atoms with van der Waals surface area (Å²) < 4.78 is 3.25. The van der Waals surface area contributed by atoms with E-state index in [4.69, 9.17) is 39.8 Å². The molecule has 0 saturated heterocycles. The number of anilines is 1. The van der Waals surface area contributed by atoms with Crippen LogP contribution in [0.1, 0.15) is 0 Å². The first-order valence-electron chi connectivity index (χ1n) is 10.3. The van der Waals surface area contributed by atoms with Gasteiger partial charge in [-0.2, -0.15) is 0 Å². The Morgan fingerprint density at radius 3 is 2.12 bits per heavy atom. The average Bonchev–Trinajstić information content (AvgIpc) is 3.24. The van der Waals surface area contributed by atoms with Crippen LogP contribution in [0, 0.1) is 0 Å². The molecule has 6 nitrogen and oxygen atoms in total. The Hall–Kier alpha value is -3.32. The van der Waals surface area contributed by atoms with Crippen LogP contribution in [0.2, 0.25) is 15.1 Å². The van der Waals surface area contributed by atoms with E-state index in [1.807, 2.05) is 43.3 Å². The fraction of sp³-hybridized carbons (Fsp3) is 0.0800. The van der Waals surface area contributed by atoms with Crippen LogP contribution in [0.4, 0.5) is 5.69 Å². The monoisotopic (exact) mass is 509 g/mol. The average molecular weight is 511 g/mol.